The second-order valence-electron chi connectivity index (χ2n) is 17.6. The van der Waals surface area contributed by atoms with Crippen LogP contribution in [0, 0.1) is 56.7 Å². The fraction of sp³-hybridized carbons (Fsp3) is 0.865. The number of carbonyl (C=O) groups excluding carboxylic acids is 2. The molecule has 12 heteroatoms. The van der Waals surface area contributed by atoms with E-state index in [1.807, 2.05) is 6.92 Å². The lowest BCUT2D eigenvalue weighted by Crippen LogP contribution is -2.70. The highest BCUT2D eigenvalue weighted by molar-refractivity contribution is 7.91. The second kappa shape index (κ2) is 12.9. The first-order valence-electron chi connectivity index (χ1n) is 18.2. The molecule has 1 saturated heterocycles. The van der Waals surface area contributed by atoms with Crippen LogP contribution in [0.5, 0.6) is 0 Å². The number of sulfone groups is 1. The molecule has 0 radical (unpaired) electrons. The van der Waals surface area contributed by atoms with Crippen molar-refractivity contribution in [2.24, 2.45) is 68.1 Å². The van der Waals surface area contributed by atoms with Crippen LogP contribution in [-0.2, 0) is 38.4 Å². The molecular formula is C37H60N2O9S. The first-order chi connectivity index (χ1) is 22.6. The Hall–Kier alpha value is -2.02. The molecule has 5 aliphatic rings. The average Bonchev–Trinajstić information content (AvgIpc) is 2.98. The third kappa shape index (κ3) is 5.88. The summed E-state index contributed by atoms with van der Waals surface area (Å²) >= 11 is 0. The fourth-order valence-corrected chi connectivity index (χ4v) is 13.1. The summed E-state index contributed by atoms with van der Waals surface area (Å²) in [5, 5.41) is 11.0. The number of ether oxygens (including phenoxy) is 3. The maximum atomic E-state index is 13.4. The molecular weight excluding hydrogens is 648 g/mol. The van der Waals surface area contributed by atoms with Crippen LogP contribution in [0.1, 0.15) is 93.9 Å². The van der Waals surface area contributed by atoms with Crippen LogP contribution in [0.4, 0.5) is 0 Å². The number of fused-ring (bicyclic) bond motifs is 3. The van der Waals surface area contributed by atoms with Crippen LogP contribution in [0.25, 0.3) is 0 Å². The normalized spacial score (nSPS) is 42.8. The van der Waals surface area contributed by atoms with Gasteiger partial charge in [0.25, 0.3) is 0 Å². The molecule has 3 saturated carbocycles. The van der Waals surface area contributed by atoms with Gasteiger partial charge in [0.2, 0.25) is 0 Å². The summed E-state index contributed by atoms with van der Waals surface area (Å²) in [6, 6.07) is -1.42. The number of hydrogen-bond acceptors (Lipinski definition) is 10. The molecule has 12 atom stereocenters. The van der Waals surface area contributed by atoms with Gasteiger partial charge in [0, 0.05) is 24.3 Å². The van der Waals surface area contributed by atoms with E-state index in [1.165, 1.54) is 12.5 Å². The molecule has 0 aromatic carbocycles. The summed E-state index contributed by atoms with van der Waals surface area (Å²) in [5.74, 6) is -2.75. The third-order valence-corrected chi connectivity index (χ3v) is 16.5. The van der Waals surface area contributed by atoms with E-state index in [4.69, 9.17) is 25.7 Å². The third-order valence-electron chi connectivity index (χ3n) is 14.8. The van der Waals surface area contributed by atoms with Crippen LogP contribution < -0.4 is 11.5 Å². The zero-order valence-electron chi connectivity index (χ0n) is 30.8. The summed E-state index contributed by atoms with van der Waals surface area (Å²) in [5.41, 5.74) is 10.4. The van der Waals surface area contributed by atoms with Crippen LogP contribution in [-0.4, -0.2) is 80.9 Å². The fourth-order valence-electron chi connectivity index (χ4n) is 11.9. The summed E-state index contributed by atoms with van der Waals surface area (Å²) in [6.45, 7) is 17.3. The molecule has 5 rings (SSSR count). The van der Waals surface area contributed by atoms with Crippen molar-refractivity contribution in [3.05, 3.63) is 11.6 Å². The zero-order chi connectivity index (χ0) is 36.5. The Bertz CT molecular complexity index is 1480. The van der Waals surface area contributed by atoms with Crippen molar-refractivity contribution >= 4 is 27.7 Å². The van der Waals surface area contributed by atoms with Crippen molar-refractivity contribution < 1.29 is 42.1 Å². The topological polar surface area (TPSA) is 185 Å². The molecule has 0 spiro atoms. The molecule has 0 aromatic heterocycles. The van der Waals surface area contributed by atoms with Gasteiger partial charge >= 0.3 is 17.9 Å². The minimum atomic E-state index is -3.67. The molecule has 2 bridgehead atoms. The Balaban J connectivity index is 1.54. The summed E-state index contributed by atoms with van der Waals surface area (Å²) in [6.07, 6.45) is 5.04. The first-order valence-corrected chi connectivity index (χ1v) is 20.0. The molecule has 0 amide bonds. The number of carboxylic acid groups (broad SMARTS) is 1. The maximum absolute atomic E-state index is 13.4. The van der Waals surface area contributed by atoms with E-state index in [0.717, 1.165) is 25.7 Å². The van der Waals surface area contributed by atoms with E-state index >= 15 is 0 Å². The molecule has 49 heavy (non-hydrogen) atoms. The van der Waals surface area contributed by atoms with Crippen LogP contribution in [0.3, 0.4) is 0 Å². The van der Waals surface area contributed by atoms with Gasteiger partial charge in [-0.2, -0.15) is 0 Å². The number of rotatable bonds is 10. The second-order valence-corrected chi connectivity index (χ2v) is 19.8. The van der Waals surface area contributed by atoms with Gasteiger partial charge in [0.15, 0.2) is 9.84 Å². The van der Waals surface area contributed by atoms with Gasteiger partial charge in [0.05, 0.1) is 30.6 Å². The molecule has 5 N–H and O–H groups in total. The Labute approximate surface area is 292 Å². The number of hydrogen-bond donors (Lipinski definition) is 3. The van der Waals surface area contributed by atoms with Crippen molar-refractivity contribution in [3.8, 4) is 0 Å². The van der Waals surface area contributed by atoms with E-state index in [0.29, 0.717) is 25.4 Å². The Kier molecular flexibility index (Phi) is 10.0. The van der Waals surface area contributed by atoms with Crippen LogP contribution >= 0.6 is 0 Å². The molecule has 11 nitrogen and oxygen atoms in total. The van der Waals surface area contributed by atoms with Crippen LogP contribution in [0.2, 0.25) is 0 Å². The first kappa shape index (κ1) is 38.2. The number of nitrogens with two attached hydrogens (primary N) is 2. The summed E-state index contributed by atoms with van der Waals surface area (Å²) in [7, 11) is -3.67. The molecule has 278 valence electrons. The highest BCUT2D eigenvalue weighted by atomic mass is 32.2. The van der Waals surface area contributed by atoms with E-state index in [-0.39, 0.29) is 47.5 Å². The average molecular weight is 709 g/mol. The van der Waals surface area contributed by atoms with Gasteiger partial charge in [-0.3, -0.25) is 14.4 Å². The number of carboxylic acids is 1. The molecule has 1 aliphatic heterocycles. The smallest absolute Gasteiger partial charge is 0.324 e. The Morgan fingerprint density at radius 2 is 1.71 bits per heavy atom. The van der Waals surface area contributed by atoms with Gasteiger partial charge < -0.3 is 30.8 Å². The maximum Gasteiger partial charge on any atom is 0.324 e. The van der Waals surface area contributed by atoms with Gasteiger partial charge in [-0.25, -0.2) is 8.42 Å². The molecule has 1 unspecified atom stereocenters. The highest BCUT2D eigenvalue weighted by Crippen LogP contribution is 2.75. The van der Waals surface area contributed by atoms with E-state index in [9.17, 15) is 27.9 Å². The quantitative estimate of drug-likeness (QED) is 0.219. The van der Waals surface area contributed by atoms with E-state index < -0.39 is 73.9 Å². The largest absolute Gasteiger partial charge is 0.481 e. The number of allylic oxidation sites excluding steroid dienone is 1. The lowest BCUT2D eigenvalue weighted by atomic mass is 9.34. The van der Waals surface area contributed by atoms with Crippen molar-refractivity contribution in [1.82, 2.24) is 0 Å². The van der Waals surface area contributed by atoms with Gasteiger partial charge in [-0.1, -0.05) is 60.1 Å². The lowest BCUT2D eigenvalue weighted by Gasteiger charge is -2.71. The Morgan fingerprint density at radius 1 is 1.04 bits per heavy atom. The lowest BCUT2D eigenvalue weighted by molar-refractivity contribution is -0.263. The summed E-state index contributed by atoms with van der Waals surface area (Å²) < 4.78 is 43.3. The Morgan fingerprint density at radius 3 is 2.31 bits per heavy atom. The van der Waals surface area contributed by atoms with Crippen molar-refractivity contribution in [1.29, 1.82) is 0 Å². The van der Waals surface area contributed by atoms with Gasteiger partial charge in [-0.15, -0.1) is 0 Å². The van der Waals surface area contributed by atoms with E-state index in [2.05, 4.69) is 47.6 Å². The minimum absolute atomic E-state index is 0.0242. The predicted molar refractivity (Wildman–Crippen MR) is 185 cm³/mol. The van der Waals surface area contributed by atoms with Crippen molar-refractivity contribution in [3.63, 3.8) is 0 Å². The summed E-state index contributed by atoms with van der Waals surface area (Å²) in [4.78, 5) is 39.3. The SMILES string of the molecule is CC(=O)O[C@@H]1C[C@]23COC[C@](C)([C@@H]2CC[C@H]2C3=CC[C@@]3(C)[C@H](C(=O)O)[C@@](C)([C@H](C)C(C)C)CC[C@]23C)[C@H]1OC(=O)C(N)CS(=O)(=O)CCN. The molecule has 4 fully saturated rings. The number of esters is 2. The zero-order valence-corrected chi connectivity index (χ0v) is 31.6. The molecule has 4 aliphatic carbocycles. The van der Waals surface area contributed by atoms with Crippen molar-refractivity contribution in [2.45, 2.75) is 112 Å². The van der Waals surface area contributed by atoms with E-state index in [1.54, 1.807) is 0 Å². The minimum Gasteiger partial charge on any atom is -0.481 e. The van der Waals surface area contributed by atoms with Gasteiger partial charge in [0.1, 0.15) is 18.2 Å². The number of aliphatic carboxylic acids is 1. The predicted octanol–water partition coefficient (Wildman–Crippen LogP) is 4.12. The van der Waals surface area contributed by atoms with Crippen molar-refractivity contribution in [2.75, 3.05) is 31.3 Å². The van der Waals surface area contributed by atoms with Gasteiger partial charge in [-0.05, 0) is 78.4 Å². The monoisotopic (exact) mass is 708 g/mol. The van der Waals surface area contributed by atoms with Crippen LogP contribution in [0.15, 0.2) is 11.6 Å². The highest BCUT2D eigenvalue weighted by Gasteiger charge is 2.72. The molecule has 1 heterocycles. The standard InChI is InChI=1S/C37H60N2O9S/c1-21(2)22(3)33(5)13-14-35(7)24-9-10-28-34(6)19-46-20-37(28,25(24)11-12-36(35,8)29(33)31(41)42)17-27(47-23(4)40)30(34)48-32(43)26(39)18-49(44,45)16-15-38/h11,21-22,24,26-30H,9-10,12-20,38-39H2,1-8H3,(H,41,42)/t22-,24+,26?,27-,28+,29-,30+,33-,34-,35-,36+,37-/m1/s1. The molecule has 0 aromatic rings. The number of carbonyl (C=O) groups is 3.